The number of aryl methyl sites for hydroxylation is 2. The predicted molar refractivity (Wildman–Crippen MR) is 99.2 cm³/mol. The van der Waals surface area contributed by atoms with E-state index in [4.69, 9.17) is 0 Å². The molecule has 0 unspecified atom stereocenters. The first-order valence-corrected chi connectivity index (χ1v) is 8.62. The fraction of sp³-hybridized carbons (Fsp3) is 0.400. The molecule has 0 N–H and O–H groups in total. The average Bonchev–Trinajstić information content (AvgIpc) is 2.57. The quantitative estimate of drug-likeness (QED) is 0.790. The molecule has 1 aromatic carbocycles. The Morgan fingerprint density at radius 3 is 2.79 bits per heavy atom. The van der Waals surface area contributed by atoms with Crippen molar-refractivity contribution in [1.29, 1.82) is 0 Å². The number of benzene rings is 1. The smallest absolute Gasteiger partial charge is 0.184 e. The molecule has 0 saturated heterocycles. The van der Waals surface area contributed by atoms with E-state index in [1.165, 1.54) is 11.1 Å². The largest absolute Gasteiger partial charge is 0.348 e. The standard InChI is InChI=1S/C20H25N3O/c1-4-6-16-7-5-8-17(20(16)21-3)13-22-9-10-23-12-15(2)19(24)11-18(23)14-22/h5,7-8,11-12H,3-4,6,9-10,13-14H2,1-2H3. The number of aromatic nitrogens is 1. The molecule has 126 valence electrons. The lowest BCUT2D eigenvalue weighted by molar-refractivity contribution is 0.211. The van der Waals surface area contributed by atoms with Gasteiger partial charge >= 0.3 is 0 Å². The second kappa shape index (κ2) is 7.14. The summed E-state index contributed by atoms with van der Waals surface area (Å²) in [5.41, 5.74) is 5.56. The first kappa shape index (κ1) is 16.7. The third-order valence-electron chi connectivity index (χ3n) is 4.72. The van der Waals surface area contributed by atoms with Crippen molar-refractivity contribution in [3.05, 3.63) is 63.1 Å². The van der Waals surface area contributed by atoms with Gasteiger partial charge in [0.15, 0.2) is 5.43 Å². The molecule has 0 saturated carbocycles. The molecule has 0 aliphatic carbocycles. The van der Waals surface area contributed by atoms with Gasteiger partial charge in [-0.25, -0.2) is 0 Å². The van der Waals surface area contributed by atoms with Gasteiger partial charge in [-0.3, -0.25) is 14.7 Å². The second-order valence-electron chi connectivity index (χ2n) is 6.55. The van der Waals surface area contributed by atoms with Gasteiger partial charge in [0.25, 0.3) is 0 Å². The molecule has 0 atom stereocenters. The number of aliphatic imine (C=N–C) groups is 1. The van der Waals surface area contributed by atoms with Crippen molar-refractivity contribution >= 4 is 12.4 Å². The van der Waals surface area contributed by atoms with Crippen LogP contribution in [0.25, 0.3) is 0 Å². The van der Waals surface area contributed by atoms with Gasteiger partial charge < -0.3 is 4.57 Å². The van der Waals surface area contributed by atoms with Gasteiger partial charge in [-0.05, 0) is 31.2 Å². The average molecular weight is 323 g/mol. The third kappa shape index (κ3) is 3.34. The normalized spacial score (nSPS) is 14.4. The molecule has 4 heteroatoms. The highest BCUT2D eigenvalue weighted by Crippen LogP contribution is 2.27. The van der Waals surface area contributed by atoms with Crippen molar-refractivity contribution < 1.29 is 0 Å². The summed E-state index contributed by atoms with van der Waals surface area (Å²) in [6.07, 6.45) is 4.11. The minimum absolute atomic E-state index is 0.126. The van der Waals surface area contributed by atoms with E-state index >= 15 is 0 Å². The van der Waals surface area contributed by atoms with Crippen LogP contribution in [0.1, 0.15) is 35.7 Å². The van der Waals surface area contributed by atoms with Crippen LogP contribution in [0.5, 0.6) is 0 Å². The van der Waals surface area contributed by atoms with Crippen LogP contribution in [0.3, 0.4) is 0 Å². The number of fused-ring (bicyclic) bond motifs is 1. The fourth-order valence-corrected chi connectivity index (χ4v) is 3.45. The minimum atomic E-state index is 0.126. The monoisotopic (exact) mass is 323 g/mol. The first-order chi connectivity index (χ1) is 11.6. The van der Waals surface area contributed by atoms with Crippen LogP contribution in [-0.2, 0) is 26.1 Å². The van der Waals surface area contributed by atoms with E-state index in [0.717, 1.165) is 56.0 Å². The molecule has 2 aromatic rings. The summed E-state index contributed by atoms with van der Waals surface area (Å²) >= 11 is 0. The fourth-order valence-electron chi connectivity index (χ4n) is 3.45. The highest BCUT2D eigenvalue weighted by Gasteiger charge is 2.18. The highest BCUT2D eigenvalue weighted by atomic mass is 16.1. The molecule has 1 aliphatic heterocycles. The Labute approximate surface area is 143 Å². The van der Waals surface area contributed by atoms with E-state index in [-0.39, 0.29) is 5.43 Å². The highest BCUT2D eigenvalue weighted by molar-refractivity contribution is 5.57. The lowest BCUT2D eigenvalue weighted by atomic mass is 10.0. The summed E-state index contributed by atoms with van der Waals surface area (Å²) in [5, 5.41) is 0. The summed E-state index contributed by atoms with van der Waals surface area (Å²) in [5.74, 6) is 0. The molecule has 1 aromatic heterocycles. The topological polar surface area (TPSA) is 37.6 Å². The Kier molecular flexibility index (Phi) is 4.95. The summed E-state index contributed by atoms with van der Waals surface area (Å²) in [7, 11) is 0. The van der Waals surface area contributed by atoms with E-state index in [9.17, 15) is 4.79 Å². The molecule has 3 rings (SSSR count). The van der Waals surface area contributed by atoms with E-state index in [2.05, 4.69) is 46.3 Å². The van der Waals surface area contributed by atoms with Crippen molar-refractivity contribution in [3.63, 3.8) is 0 Å². The molecule has 0 radical (unpaired) electrons. The Balaban J connectivity index is 1.83. The molecule has 24 heavy (non-hydrogen) atoms. The Bertz CT molecular complexity index is 807. The Morgan fingerprint density at radius 1 is 1.25 bits per heavy atom. The third-order valence-corrected chi connectivity index (χ3v) is 4.72. The lowest BCUT2D eigenvalue weighted by Gasteiger charge is -2.30. The van der Waals surface area contributed by atoms with E-state index in [1.54, 1.807) is 6.07 Å². The number of pyridine rings is 1. The molecule has 4 nitrogen and oxygen atoms in total. The van der Waals surface area contributed by atoms with Crippen LogP contribution >= 0.6 is 0 Å². The molecule has 0 bridgehead atoms. The van der Waals surface area contributed by atoms with Gasteiger partial charge in [-0.2, -0.15) is 0 Å². The van der Waals surface area contributed by atoms with Crippen molar-refractivity contribution in [1.82, 2.24) is 9.47 Å². The molecule has 2 heterocycles. The van der Waals surface area contributed by atoms with Crippen molar-refractivity contribution in [2.24, 2.45) is 4.99 Å². The van der Waals surface area contributed by atoms with Gasteiger partial charge in [-0.1, -0.05) is 31.5 Å². The number of nitrogens with zero attached hydrogens (tertiary/aromatic N) is 3. The van der Waals surface area contributed by atoms with E-state index in [0.29, 0.717) is 0 Å². The van der Waals surface area contributed by atoms with Gasteiger partial charge in [0.2, 0.25) is 0 Å². The van der Waals surface area contributed by atoms with Gasteiger partial charge in [-0.15, -0.1) is 0 Å². The van der Waals surface area contributed by atoms with Crippen molar-refractivity contribution in [2.45, 2.75) is 46.3 Å². The van der Waals surface area contributed by atoms with Gasteiger partial charge in [0, 0.05) is 49.7 Å². The zero-order chi connectivity index (χ0) is 17.1. The zero-order valence-corrected chi connectivity index (χ0v) is 14.6. The van der Waals surface area contributed by atoms with Crippen LogP contribution in [0.2, 0.25) is 0 Å². The lowest BCUT2D eigenvalue weighted by Crippen LogP contribution is -2.35. The maximum absolute atomic E-state index is 11.9. The summed E-state index contributed by atoms with van der Waals surface area (Å²) in [6, 6.07) is 8.17. The summed E-state index contributed by atoms with van der Waals surface area (Å²) in [6.45, 7) is 11.4. The number of hydrogen-bond donors (Lipinski definition) is 0. The minimum Gasteiger partial charge on any atom is -0.348 e. The molecular weight excluding hydrogens is 298 g/mol. The SMILES string of the molecule is C=Nc1c(CCC)cccc1CN1CCn2cc(C)c(=O)cc2C1. The van der Waals surface area contributed by atoms with Crippen LogP contribution < -0.4 is 5.43 Å². The van der Waals surface area contributed by atoms with Crippen LogP contribution in [-0.4, -0.2) is 22.7 Å². The number of para-hydroxylation sites is 1. The molecule has 0 amide bonds. The van der Waals surface area contributed by atoms with E-state index < -0.39 is 0 Å². The Hall–Kier alpha value is -2.20. The summed E-state index contributed by atoms with van der Waals surface area (Å²) in [4.78, 5) is 18.6. The first-order valence-electron chi connectivity index (χ1n) is 8.62. The van der Waals surface area contributed by atoms with Crippen molar-refractivity contribution in [3.8, 4) is 0 Å². The Morgan fingerprint density at radius 2 is 2.04 bits per heavy atom. The number of hydrogen-bond acceptors (Lipinski definition) is 3. The molecular formula is C20H25N3O. The maximum Gasteiger partial charge on any atom is 0.184 e. The van der Waals surface area contributed by atoms with Crippen LogP contribution in [0.4, 0.5) is 5.69 Å². The van der Waals surface area contributed by atoms with E-state index in [1.807, 2.05) is 13.1 Å². The maximum atomic E-state index is 11.9. The van der Waals surface area contributed by atoms with Gasteiger partial charge in [0.05, 0.1) is 5.69 Å². The number of rotatable bonds is 5. The summed E-state index contributed by atoms with van der Waals surface area (Å²) < 4.78 is 2.20. The molecule has 0 fully saturated rings. The van der Waals surface area contributed by atoms with Crippen molar-refractivity contribution in [2.75, 3.05) is 6.54 Å². The second-order valence-corrected chi connectivity index (χ2v) is 6.55. The molecule has 1 aliphatic rings. The molecule has 0 spiro atoms. The zero-order valence-electron chi connectivity index (χ0n) is 14.6. The van der Waals surface area contributed by atoms with Gasteiger partial charge in [0.1, 0.15) is 0 Å². The predicted octanol–water partition coefficient (Wildman–Crippen LogP) is 3.46. The van der Waals surface area contributed by atoms with Crippen LogP contribution in [0, 0.1) is 6.92 Å². The van der Waals surface area contributed by atoms with Crippen LogP contribution in [0.15, 0.2) is 40.2 Å².